The standard InChI is InChI=1S/C11H5Cl2F3N2O2.C10H5BrCl2N2O2/c12-7-9(18(19)20)8(17-10(7)13)5-1-3-6(4-2-5)11(14,15)16;11-6-3-1-5(2-4-6)8-9(15(16)17)7(12)10(13)14-8/h1-4,17H;1-4,14H. The Kier molecular flexibility index (Phi) is 8.81. The van der Waals surface area contributed by atoms with Crippen molar-refractivity contribution in [3.63, 3.8) is 0 Å². The van der Waals surface area contributed by atoms with Gasteiger partial charge in [-0.1, -0.05) is 86.6 Å². The number of halogens is 8. The molecule has 0 atom stereocenters. The number of H-pyrrole nitrogens is 2. The van der Waals surface area contributed by atoms with E-state index >= 15 is 0 Å². The number of aromatic nitrogens is 2. The second-order valence-corrected chi connectivity index (χ2v) is 9.48. The van der Waals surface area contributed by atoms with Crippen LogP contribution in [0.1, 0.15) is 5.56 Å². The number of nitrogens with one attached hydrogen (secondary N) is 2. The number of rotatable bonds is 4. The van der Waals surface area contributed by atoms with Crippen LogP contribution >= 0.6 is 62.3 Å². The van der Waals surface area contributed by atoms with Crippen molar-refractivity contribution in [2.45, 2.75) is 6.18 Å². The van der Waals surface area contributed by atoms with E-state index < -0.39 is 27.3 Å². The van der Waals surface area contributed by atoms with Gasteiger partial charge in [-0.05, 0) is 24.3 Å². The molecule has 2 N–H and O–H groups in total. The van der Waals surface area contributed by atoms with E-state index in [9.17, 15) is 33.4 Å². The van der Waals surface area contributed by atoms with E-state index in [2.05, 4.69) is 25.9 Å². The summed E-state index contributed by atoms with van der Waals surface area (Å²) in [6.07, 6.45) is -4.48. The molecule has 4 aromatic rings. The van der Waals surface area contributed by atoms with Crippen LogP contribution in [0.25, 0.3) is 22.5 Å². The summed E-state index contributed by atoms with van der Waals surface area (Å²) in [6.45, 7) is 0. The second-order valence-electron chi connectivity index (χ2n) is 7.05. The summed E-state index contributed by atoms with van der Waals surface area (Å²) in [5.41, 5.74) is -0.452. The van der Waals surface area contributed by atoms with Gasteiger partial charge < -0.3 is 9.97 Å². The maximum atomic E-state index is 12.4. The number of aromatic amines is 2. The zero-order chi connectivity index (χ0) is 27.7. The van der Waals surface area contributed by atoms with Gasteiger partial charge >= 0.3 is 17.6 Å². The van der Waals surface area contributed by atoms with Gasteiger partial charge in [0, 0.05) is 15.6 Å². The van der Waals surface area contributed by atoms with Crippen LogP contribution in [0.4, 0.5) is 24.5 Å². The van der Waals surface area contributed by atoms with Gasteiger partial charge in [0.1, 0.15) is 21.7 Å². The maximum Gasteiger partial charge on any atom is 0.416 e. The Balaban J connectivity index is 0.000000208. The average molecular weight is 661 g/mol. The lowest BCUT2D eigenvalue weighted by molar-refractivity contribution is -0.384. The number of hydrogen-bond donors (Lipinski definition) is 2. The smallest absolute Gasteiger partial charge is 0.339 e. The molecule has 194 valence electrons. The third-order valence-electron chi connectivity index (χ3n) is 4.74. The largest absolute Gasteiger partial charge is 0.416 e. The lowest BCUT2D eigenvalue weighted by atomic mass is 10.1. The molecule has 4 rings (SSSR count). The zero-order valence-corrected chi connectivity index (χ0v) is 22.3. The molecule has 0 aliphatic heterocycles. The van der Waals surface area contributed by atoms with Crippen LogP contribution in [0.2, 0.25) is 20.4 Å². The number of alkyl halides is 3. The van der Waals surface area contributed by atoms with Crippen LogP contribution in [-0.4, -0.2) is 19.8 Å². The number of benzene rings is 2. The maximum absolute atomic E-state index is 12.4. The third-order valence-corrected chi connectivity index (χ3v) is 6.77. The van der Waals surface area contributed by atoms with Crippen LogP contribution in [0.3, 0.4) is 0 Å². The second kappa shape index (κ2) is 11.3. The van der Waals surface area contributed by atoms with Crippen LogP contribution in [0.5, 0.6) is 0 Å². The van der Waals surface area contributed by atoms with E-state index in [1.54, 1.807) is 24.3 Å². The minimum atomic E-state index is -4.48. The summed E-state index contributed by atoms with van der Waals surface area (Å²) < 4.78 is 38.2. The van der Waals surface area contributed by atoms with Crippen LogP contribution < -0.4 is 0 Å². The Bertz CT molecular complexity index is 1470. The molecular formula is C21H10BrCl4F3N4O4. The molecular weight excluding hydrogens is 651 g/mol. The van der Waals surface area contributed by atoms with E-state index in [1.165, 1.54) is 0 Å². The van der Waals surface area contributed by atoms with Crippen molar-refractivity contribution < 1.29 is 23.0 Å². The predicted molar refractivity (Wildman–Crippen MR) is 139 cm³/mol. The molecule has 0 aliphatic carbocycles. The van der Waals surface area contributed by atoms with Gasteiger partial charge in [-0.25, -0.2) is 0 Å². The Hall–Kier alpha value is -2.77. The van der Waals surface area contributed by atoms with E-state index in [1.807, 2.05) is 0 Å². The first kappa shape index (κ1) is 28.8. The van der Waals surface area contributed by atoms with Crippen molar-refractivity contribution in [3.8, 4) is 22.5 Å². The van der Waals surface area contributed by atoms with Crippen molar-refractivity contribution in [2.24, 2.45) is 0 Å². The Labute approximate surface area is 233 Å². The first-order valence-corrected chi connectivity index (χ1v) is 11.9. The summed E-state index contributed by atoms with van der Waals surface area (Å²) in [5, 5.41) is 21.4. The monoisotopic (exact) mass is 658 g/mol. The minimum absolute atomic E-state index is 0.0428. The average Bonchev–Trinajstić information content (AvgIpc) is 3.29. The van der Waals surface area contributed by atoms with E-state index in [-0.39, 0.29) is 37.3 Å². The van der Waals surface area contributed by atoms with Gasteiger partial charge in [0.2, 0.25) is 0 Å². The van der Waals surface area contributed by atoms with Gasteiger partial charge in [0.05, 0.1) is 15.4 Å². The molecule has 8 nitrogen and oxygen atoms in total. The summed E-state index contributed by atoms with van der Waals surface area (Å²) >= 11 is 26.2. The molecule has 0 fully saturated rings. The highest BCUT2D eigenvalue weighted by atomic mass is 79.9. The summed E-state index contributed by atoms with van der Waals surface area (Å²) in [4.78, 5) is 25.7. The molecule has 0 spiro atoms. The molecule has 0 saturated heterocycles. The fourth-order valence-corrected chi connectivity index (χ4v) is 4.13. The summed E-state index contributed by atoms with van der Waals surface area (Å²) in [6, 6.07) is 10.9. The molecule has 0 saturated carbocycles. The normalized spacial score (nSPS) is 11.1. The molecule has 0 amide bonds. The molecule has 0 aliphatic rings. The number of nitrogens with zero attached hydrogens (tertiary/aromatic N) is 2. The van der Waals surface area contributed by atoms with E-state index in [0.29, 0.717) is 11.3 Å². The lowest BCUT2D eigenvalue weighted by Gasteiger charge is -2.06. The molecule has 0 unspecified atom stereocenters. The highest BCUT2D eigenvalue weighted by Crippen LogP contribution is 2.42. The van der Waals surface area contributed by atoms with Gasteiger partial charge in [-0.15, -0.1) is 0 Å². The SMILES string of the molecule is O=[N+]([O-])c1c(-c2ccc(Br)cc2)[nH]c(Cl)c1Cl.O=[N+]([O-])c1c(-c2ccc(C(F)(F)F)cc2)[nH]c(Cl)c1Cl. The predicted octanol–water partition coefficient (Wildman–Crippen LogP) is 9.57. The Morgan fingerprint density at radius 1 is 0.703 bits per heavy atom. The van der Waals surface area contributed by atoms with E-state index in [0.717, 1.165) is 28.7 Å². The summed E-state index contributed by atoms with van der Waals surface area (Å²) in [7, 11) is 0. The molecule has 0 bridgehead atoms. The molecule has 16 heteroatoms. The molecule has 0 radical (unpaired) electrons. The van der Waals surface area contributed by atoms with E-state index in [4.69, 9.17) is 46.4 Å². The van der Waals surface area contributed by atoms with Crippen LogP contribution in [0, 0.1) is 20.2 Å². The third kappa shape index (κ3) is 6.39. The topological polar surface area (TPSA) is 118 Å². The van der Waals surface area contributed by atoms with Gasteiger partial charge in [0.25, 0.3) is 0 Å². The molecule has 2 aromatic carbocycles. The quantitative estimate of drug-likeness (QED) is 0.167. The Morgan fingerprint density at radius 2 is 1.05 bits per heavy atom. The lowest BCUT2D eigenvalue weighted by Crippen LogP contribution is -2.04. The van der Waals surface area contributed by atoms with Crippen molar-refractivity contribution >= 4 is 73.7 Å². The zero-order valence-electron chi connectivity index (χ0n) is 17.7. The van der Waals surface area contributed by atoms with Crippen molar-refractivity contribution in [3.05, 3.63) is 99.1 Å². The van der Waals surface area contributed by atoms with Crippen LogP contribution in [-0.2, 0) is 6.18 Å². The molecule has 2 heterocycles. The summed E-state index contributed by atoms with van der Waals surface area (Å²) in [5.74, 6) is 0. The van der Waals surface area contributed by atoms with Gasteiger partial charge in [0.15, 0.2) is 10.0 Å². The molecule has 2 aromatic heterocycles. The Morgan fingerprint density at radius 3 is 1.38 bits per heavy atom. The van der Waals surface area contributed by atoms with Gasteiger partial charge in [-0.2, -0.15) is 13.2 Å². The van der Waals surface area contributed by atoms with Gasteiger partial charge in [-0.3, -0.25) is 20.2 Å². The first-order valence-electron chi connectivity index (χ1n) is 9.58. The van der Waals surface area contributed by atoms with Crippen molar-refractivity contribution in [1.29, 1.82) is 0 Å². The number of nitro groups is 2. The highest BCUT2D eigenvalue weighted by molar-refractivity contribution is 9.10. The highest BCUT2D eigenvalue weighted by Gasteiger charge is 2.31. The number of hydrogen-bond acceptors (Lipinski definition) is 4. The van der Waals surface area contributed by atoms with Crippen molar-refractivity contribution in [2.75, 3.05) is 0 Å². The van der Waals surface area contributed by atoms with Crippen LogP contribution in [0.15, 0.2) is 53.0 Å². The fraction of sp³-hybridized carbons (Fsp3) is 0.0476. The fourth-order valence-electron chi connectivity index (χ4n) is 3.08. The minimum Gasteiger partial charge on any atom is -0.339 e. The molecule has 37 heavy (non-hydrogen) atoms. The van der Waals surface area contributed by atoms with Crippen molar-refractivity contribution in [1.82, 2.24) is 9.97 Å². The first-order chi connectivity index (χ1) is 17.2.